The van der Waals surface area contributed by atoms with Gasteiger partial charge in [-0.2, -0.15) is 0 Å². The lowest BCUT2D eigenvalue weighted by atomic mass is 9.91. The van der Waals surface area contributed by atoms with Crippen LogP contribution in [0.1, 0.15) is 48.3 Å². The van der Waals surface area contributed by atoms with E-state index in [4.69, 9.17) is 0 Å². The van der Waals surface area contributed by atoms with Crippen LogP contribution in [0.4, 0.5) is 0 Å². The van der Waals surface area contributed by atoms with Crippen molar-refractivity contribution in [1.82, 2.24) is 0 Å². The summed E-state index contributed by atoms with van der Waals surface area (Å²) < 4.78 is 0. The van der Waals surface area contributed by atoms with Crippen molar-refractivity contribution < 1.29 is 0 Å². The molecule has 0 spiro atoms. The highest BCUT2D eigenvalue weighted by atomic mass is 14.3. The second-order valence-corrected chi connectivity index (χ2v) is 4.43. The largest absolute Gasteiger partial charge is 0.102 e. The molecule has 0 aromatic heterocycles. The number of aryl methyl sites for hydroxylation is 1. The minimum absolute atomic E-state index is 0.235. The van der Waals surface area contributed by atoms with Crippen molar-refractivity contribution in [1.29, 1.82) is 0 Å². The summed E-state index contributed by atoms with van der Waals surface area (Å²) in [4.78, 5) is 0. The zero-order valence-corrected chi connectivity index (χ0v) is 9.50. The molecule has 1 saturated carbocycles. The summed E-state index contributed by atoms with van der Waals surface area (Å²) in [7, 11) is 0. The zero-order valence-electron chi connectivity index (χ0n) is 9.50. The number of allylic oxidation sites excluding steroid dienone is 1. The molecule has 0 heterocycles. The molecule has 79 valence electrons. The van der Waals surface area contributed by atoms with E-state index in [1.807, 2.05) is 6.08 Å². The number of benzene rings is 1. The minimum Gasteiger partial charge on any atom is -0.102 e. The topological polar surface area (TPSA) is 0 Å². The third-order valence-electron chi connectivity index (χ3n) is 3.28. The molecule has 0 N–H and O–H groups in total. The van der Waals surface area contributed by atoms with E-state index in [1.54, 1.807) is 0 Å². The Labute approximate surface area is 93.0 Å². The van der Waals surface area contributed by atoms with Gasteiger partial charge in [-0.1, -0.05) is 31.2 Å². The monoisotopic (exact) mass is 199 g/mol. The quantitative estimate of drug-likeness (QED) is 0.636. The average Bonchev–Trinajstić information content (AvgIpc) is 3.11. The van der Waals surface area contributed by atoms with Crippen molar-refractivity contribution in [2.45, 2.75) is 38.0 Å². The fraction of sp³-hybridized carbons (Fsp3) is 0.400. The summed E-state index contributed by atoms with van der Waals surface area (Å²) in [6.07, 6.45) is 5.74. The lowest BCUT2D eigenvalue weighted by molar-refractivity contribution is 0.986. The smallest absolute Gasteiger partial charge is 0.00184 e. The van der Waals surface area contributed by atoms with E-state index in [-0.39, 0.29) is 5.92 Å². The predicted octanol–water partition coefficient (Wildman–Crippen LogP) is 4.23. The van der Waals surface area contributed by atoms with Crippen LogP contribution in [0.5, 0.6) is 0 Å². The molecule has 0 heteroatoms. The lowest BCUT2D eigenvalue weighted by Crippen LogP contribution is -1.97. The van der Waals surface area contributed by atoms with Gasteiger partial charge in [0.25, 0.3) is 0 Å². The maximum Gasteiger partial charge on any atom is 0.00184 e. The first-order valence-electron chi connectivity index (χ1n) is 5.84. The van der Waals surface area contributed by atoms with Crippen LogP contribution in [0.3, 0.4) is 0 Å². The Morgan fingerprint density at radius 3 is 2.73 bits per heavy atom. The van der Waals surface area contributed by atoms with Gasteiger partial charge in [-0.3, -0.25) is 0 Å². The van der Waals surface area contributed by atoms with Crippen LogP contribution < -0.4 is 0 Å². The van der Waals surface area contributed by atoms with Gasteiger partial charge in [0.15, 0.2) is 0 Å². The summed E-state index contributed by atoms with van der Waals surface area (Å²) in [6, 6.07) is 6.90. The first kappa shape index (κ1) is 10.5. The molecule has 1 atom stereocenters. The molecule has 1 radical (unpaired) electrons. The minimum atomic E-state index is 0.235. The summed E-state index contributed by atoms with van der Waals surface area (Å²) in [5, 5.41) is 0. The van der Waals surface area contributed by atoms with Gasteiger partial charge in [-0.15, -0.1) is 6.58 Å². The highest BCUT2D eigenvalue weighted by Crippen LogP contribution is 2.41. The van der Waals surface area contributed by atoms with E-state index in [0.29, 0.717) is 0 Å². The van der Waals surface area contributed by atoms with Crippen LogP contribution in [-0.4, -0.2) is 0 Å². The van der Waals surface area contributed by atoms with Crippen LogP contribution in [0.2, 0.25) is 0 Å². The van der Waals surface area contributed by atoms with Crippen LogP contribution >= 0.6 is 0 Å². The van der Waals surface area contributed by atoms with Crippen LogP contribution in [0.25, 0.3) is 0 Å². The second kappa shape index (κ2) is 4.22. The Morgan fingerprint density at radius 2 is 2.20 bits per heavy atom. The maximum absolute atomic E-state index is 4.14. The molecule has 1 unspecified atom stereocenters. The van der Waals surface area contributed by atoms with Crippen molar-refractivity contribution >= 4 is 0 Å². The molecule has 1 aromatic carbocycles. The van der Waals surface area contributed by atoms with E-state index in [9.17, 15) is 0 Å². The fourth-order valence-corrected chi connectivity index (χ4v) is 2.08. The Morgan fingerprint density at radius 1 is 1.47 bits per heavy atom. The lowest BCUT2D eigenvalue weighted by Gasteiger charge is -2.14. The van der Waals surface area contributed by atoms with Gasteiger partial charge < -0.3 is 0 Å². The third kappa shape index (κ3) is 2.14. The molecule has 0 amide bonds. The SMILES string of the molecule is [CH2]C(C=C)c1cc(C2CC2)ccc1CC. The van der Waals surface area contributed by atoms with Gasteiger partial charge in [0.1, 0.15) is 0 Å². The number of hydrogen-bond acceptors (Lipinski definition) is 0. The Balaban J connectivity index is 2.37. The highest BCUT2D eigenvalue weighted by molar-refractivity contribution is 5.39. The molecule has 0 nitrogen and oxygen atoms in total. The van der Waals surface area contributed by atoms with E-state index >= 15 is 0 Å². The fourth-order valence-electron chi connectivity index (χ4n) is 2.08. The van der Waals surface area contributed by atoms with Gasteiger partial charge in [-0.25, -0.2) is 0 Å². The standard InChI is InChI=1S/C15H19/c1-4-11(3)15-10-14(13-7-8-13)9-6-12(15)5-2/h4,6,9-11,13H,1,3,5,7-8H2,2H3. The van der Waals surface area contributed by atoms with Gasteiger partial charge in [0.05, 0.1) is 0 Å². The summed E-state index contributed by atoms with van der Waals surface area (Å²) in [6.45, 7) is 10.2. The van der Waals surface area contributed by atoms with Gasteiger partial charge in [-0.05, 0) is 48.8 Å². The highest BCUT2D eigenvalue weighted by Gasteiger charge is 2.24. The van der Waals surface area contributed by atoms with Gasteiger partial charge >= 0.3 is 0 Å². The van der Waals surface area contributed by atoms with Gasteiger partial charge in [0, 0.05) is 5.92 Å². The Bertz CT molecular complexity index is 358. The van der Waals surface area contributed by atoms with Crippen LogP contribution in [-0.2, 0) is 6.42 Å². The maximum atomic E-state index is 4.14. The van der Waals surface area contributed by atoms with Crippen molar-refractivity contribution in [2.24, 2.45) is 0 Å². The summed E-state index contributed by atoms with van der Waals surface area (Å²) in [5.74, 6) is 1.06. The van der Waals surface area contributed by atoms with E-state index in [2.05, 4.69) is 38.6 Å². The molecule has 2 rings (SSSR count). The molecule has 1 aliphatic rings. The molecule has 0 bridgehead atoms. The number of hydrogen-bond donors (Lipinski definition) is 0. The zero-order chi connectivity index (χ0) is 10.8. The molecular formula is C15H19. The summed E-state index contributed by atoms with van der Waals surface area (Å²) >= 11 is 0. The van der Waals surface area contributed by atoms with E-state index in [0.717, 1.165) is 12.3 Å². The summed E-state index contributed by atoms with van der Waals surface area (Å²) in [5.41, 5.74) is 4.29. The van der Waals surface area contributed by atoms with Crippen LogP contribution in [0.15, 0.2) is 30.9 Å². The van der Waals surface area contributed by atoms with Crippen molar-refractivity contribution in [3.8, 4) is 0 Å². The van der Waals surface area contributed by atoms with Crippen molar-refractivity contribution in [2.75, 3.05) is 0 Å². The normalized spacial score (nSPS) is 17.5. The van der Waals surface area contributed by atoms with Crippen molar-refractivity contribution in [3.05, 3.63) is 54.5 Å². The first-order valence-corrected chi connectivity index (χ1v) is 5.84. The average molecular weight is 199 g/mol. The molecule has 1 aliphatic carbocycles. The molecular weight excluding hydrogens is 180 g/mol. The second-order valence-electron chi connectivity index (χ2n) is 4.43. The molecule has 1 fully saturated rings. The van der Waals surface area contributed by atoms with Crippen molar-refractivity contribution in [3.63, 3.8) is 0 Å². The Kier molecular flexibility index (Phi) is 2.95. The van der Waals surface area contributed by atoms with E-state index in [1.165, 1.54) is 29.5 Å². The first-order chi connectivity index (χ1) is 7.26. The molecule has 0 aliphatic heterocycles. The molecule has 0 saturated heterocycles. The predicted molar refractivity (Wildman–Crippen MR) is 66.1 cm³/mol. The van der Waals surface area contributed by atoms with E-state index < -0.39 is 0 Å². The molecule has 1 aromatic rings. The number of rotatable bonds is 4. The third-order valence-corrected chi connectivity index (χ3v) is 3.28. The molecule has 15 heavy (non-hydrogen) atoms. The van der Waals surface area contributed by atoms with Crippen LogP contribution in [0, 0.1) is 6.92 Å². The Hall–Kier alpha value is -1.04. The van der Waals surface area contributed by atoms with Gasteiger partial charge in [0.2, 0.25) is 0 Å².